The maximum absolute atomic E-state index is 5.47. The maximum Gasteiger partial charge on any atom is 0.194 e. The first kappa shape index (κ1) is 20.4. The van der Waals surface area contributed by atoms with E-state index >= 15 is 0 Å². The lowest BCUT2D eigenvalue weighted by Gasteiger charge is -2.27. The van der Waals surface area contributed by atoms with Crippen LogP contribution in [0.1, 0.15) is 23.7 Å². The number of guanidine groups is 1. The fourth-order valence-electron chi connectivity index (χ4n) is 3.47. The van der Waals surface area contributed by atoms with Gasteiger partial charge >= 0.3 is 0 Å². The van der Waals surface area contributed by atoms with Gasteiger partial charge in [-0.1, -0.05) is 24.3 Å². The van der Waals surface area contributed by atoms with Crippen LogP contribution < -0.4 is 5.32 Å². The summed E-state index contributed by atoms with van der Waals surface area (Å²) in [6.07, 6.45) is 2.08. The average Bonchev–Trinajstić information content (AvgIpc) is 3.11. The number of aliphatic imine (C=N–C) groups is 1. The molecular weight excluding hydrogens is 350 g/mol. The normalized spacial score (nSPS) is 15.6. The Bertz CT molecular complexity index is 764. The van der Waals surface area contributed by atoms with Crippen LogP contribution in [0.3, 0.4) is 0 Å². The summed E-state index contributed by atoms with van der Waals surface area (Å²) >= 11 is 0. The predicted octanol–water partition coefficient (Wildman–Crippen LogP) is 2.45. The van der Waals surface area contributed by atoms with Crippen molar-refractivity contribution >= 4 is 5.96 Å². The van der Waals surface area contributed by atoms with E-state index < -0.39 is 0 Å². The molecule has 1 N–H and O–H groups in total. The van der Waals surface area contributed by atoms with Gasteiger partial charge in [0.25, 0.3) is 0 Å². The summed E-state index contributed by atoms with van der Waals surface area (Å²) in [4.78, 5) is 9.57. The third-order valence-electron chi connectivity index (χ3n) is 5.16. The van der Waals surface area contributed by atoms with Crippen molar-refractivity contribution < 1.29 is 4.74 Å². The summed E-state index contributed by atoms with van der Waals surface area (Å²) in [5.41, 5.74) is 3.91. The summed E-state index contributed by atoms with van der Waals surface area (Å²) in [7, 11) is 4.17. The smallest absolute Gasteiger partial charge is 0.194 e. The lowest BCUT2D eigenvalue weighted by atomic mass is 10.1. The predicted molar refractivity (Wildman–Crippen MR) is 114 cm³/mol. The van der Waals surface area contributed by atoms with Crippen LogP contribution in [0.25, 0.3) is 0 Å². The quantitative estimate of drug-likeness (QED) is 0.589. The molecule has 1 aromatic heterocycles. The molecule has 0 spiro atoms. The van der Waals surface area contributed by atoms with Gasteiger partial charge < -0.3 is 19.5 Å². The molecule has 0 unspecified atom stereocenters. The van der Waals surface area contributed by atoms with E-state index in [0.29, 0.717) is 6.54 Å². The van der Waals surface area contributed by atoms with Crippen LogP contribution in [0, 0.1) is 0 Å². The Kier molecular flexibility index (Phi) is 7.51. The second-order valence-electron chi connectivity index (χ2n) is 7.29. The molecule has 152 valence electrons. The molecule has 1 aliphatic heterocycles. The number of aryl methyl sites for hydroxylation is 1. The summed E-state index contributed by atoms with van der Waals surface area (Å²) in [5.74, 6) is 0.935. The highest BCUT2D eigenvalue weighted by atomic mass is 16.5. The minimum atomic E-state index is 0.681. The number of hydrogen-bond acceptors (Lipinski definition) is 3. The van der Waals surface area contributed by atoms with Crippen LogP contribution in [0.5, 0.6) is 0 Å². The Balaban J connectivity index is 1.69. The molecule has 6 nitrogen and oxygen atoms in total. The van der Waals surface area contributed by atoms with E-state index in [1.807, 2.05) is 0 Å². The molecule has 0 saturated carbocycles. The van der Waals surface area contributed by atoms with Crippen molar-refractivity contribution in [3.05, 3.63) is 59.4 Å². The van der Waals surface area contributed by atoms with Crippen molar-refractivity contribution in [3.63, 3.8) is 0 Å². The SMILES string of the molecule is CCNC(=NCc1ccccc1CN1CCOCC1)N(C)Cc1cccn1C. The van der Waals surface area contributed by atoms with Gasteiger partial charge in [-0.2, -0.15) is 0 Å². The summed E-state index contributed by atoms with van der Waals surface area (Å²) in [6, 6.07) is 12.9. The average molecular weight is 384 g/mol. The Labute approximate surface area is 168 Å². The van der Waals surface area contributed by atoms with Crippen molar-refractivity contribution in [3.8, 4) is 0 Å². The molecule has 0 atom stereocenters. The first-order valence-corrected chi connectivity index (χ1v) is 10.1. The molecule has 1 aliphatic rings. The van der Waals surface area contributed by atoms with Gasteiger partial charge in [0.05, 0.1) is 26.3 Å². The van der Waals surface area contributed by atoms with Crippen LogP contribution in [-0.4, -0.2) is 60.2 Å². The molecule has 0 bridgehead atoms. The van der Waals surface area contributed by atoms with Crippen LogP contribution in [0.15, 0.2) is 47.6 Å². The summed E-state index contributed by atoms with van der Waals surface area (Å²) < 4.78 is 7.62. The Morgan fingerprint density at radius 1 is 1.14 bits per heavy atom. The number of morpholine rings is 1. The number of aromatic nitrogens is 1. The number of rotatable bonds is 7. The topological polar surface area (TPSA) is 45.0 Å². The fraction of sp³-hybridized carbons (Fsp3) is 0.500. The monoisotopic (exact) mass is 383 g/mol. The van der Waals surface area contributed by atoms with Gasteiger partial charge in [-0.3, -0.25) is 4.90 Å². The number of nitrogens with one attached hydrogen (secondary N) is 1. The van der Waals surface area contributed by atoms with Gasteiger partial charge in [-0.25, -0.2) is 4.99 Å². The van der Waals surface area contributed by atoms with Crippen LogP contribution in [0.4, 0.5) is 0 Å². The third-order valence-corrected chi connectivity index (χ3v) is 5.16. The zero-order valence-electron chi connectivity index (χ0n) is 17.4. The molecule has 0 amide bonds. The van der Waals surface area contributed by atoms with Gasteiger partial charge in [0, 0.05) is 52.2 Å². The van der Waals surface area contributed by atoms with Crippen molar-refractivity contribution in [2.45, 2.75) is 26.6 Å². The molecule has 1 fully saturated rings. The van der Waals surface area contributed by atoms with E-state index in [0.717, 1.165) is 51.9 Å². The third kappa shape index (κ3) is 5.59. The standard InChI is InChI=1S/C22H33N5O/c1-4-23-22(26(3)18-21-10-7-11-25(21)2)24-16-19-8-5-6-9-20(19)17-27-12-14-28-15-13-27/h5-11H,4,12-18H2,1-3H3,(H,23,24). The second-order valence-corrected chi connectivity index (χ2v) is 7.29. The molecule has 3 rings (SSSR count). The number of benzene rings is 1. The van der Waals surface area contributed by atoms with Gasteiger partial charge in [0.2, 0.25) is 0 Å². The lowest BCUT2D eigenvalue weighted by molar-refractivity contribution is 0.0341. The highest BCUT2D eigenvalue weighted by molar-refractivity contribution is 5.79. The minimum absolute atomic E-state index is 0.681. The molecule has 0 aliphatic carbocycles. The molecule has 0 radical (unpaired) electrons. The Hall–Kier alpha value is -2.31. The van der Waals surface area contributed by atoms with Crippen LogP contribution in [-0.2, 0) is 31.4 Å². The number of nitrogens with zero attached hydrogens (tertiary/aromatic N) is 4. The highest BCUT2D eigenvalue weighted by Crippen LogP contribution is 2.14. The largest absolute Gasteiger partial charge is 0.379 e. The summed E-state index contributed by atoms with van der Waals surface area (Å²) in [5, 5.41) is 3.43. The van der Waals surface area contributed by atoms with Crippen molar-refractivity contribution in [2.24, 2.45) is 12.0 Å². The van der Waals surface area contributed by atoms with Crippen molar-refractivity contribution in [2.75, 3.05) is 39.9 Å². The van der Waals surface area contributed by atoms with Gasteiger partial charge in [0.1, 0.15) is 0 Å². The van der Waals surface area contributed by atoms with Gasteiger partial charge in [0.15, 0.2) is 5.96 Å². The van der Waals surface area contributed by atoms with Gasteiger partial charge in [-0.15, -0.1) is 0 Å². The number of ether oxygens (including phenoxy) is 1. The molecule has 2 heterocycles. The Morgan fingerprint density at radius 3 is 2.57 bits per heavy atom. The molecule has 6 heteroatoms. The first-order valence-electron chi connectivity index (χ1n) is 10.1. The summed E-state index contributed by atoms with van der Waals surface area (Å²) in [6.45, 7) is 9.09. The van der Waals surface area contributed by atoms with E-state index in [1.54, 1.807) is 0 Å². The van der Waals surface area contributed by atoms with Crippen molar-refractivity contribution in [1.29, 1.82) is 0 Å². The molecular formula is C22H33N5O. The van der Waals surface area contributed by atoms with E-state index in [4.69, 9.17) is 9.73 Å². The molecule has 2 aromatic rings. The van der Waals surface area contributed by atoms with Crippen LogP contribution in [0.2, 0.25) is 0 Å². The molecule has 28 heavy (non-hydrogen) atoms. The first-order chi connectivity index (χ1) is 13.7. The van der Waals surface area contributed by atoms with Gasteiger partial charge in [-0.05, 0) is 30.2 Å². The molecule has 1 saturated heterocycles. The zero-order valence-corrected chi connectivity index (χ0v) is 17.4. The second kappa shape index (κ2) is 10.3. The van der Waals surface area contributed by atoms with Crippen LogP contribution >= 0.6 is 0 Å². The Morgan fingerprint density at radius 2 is 1.89 bits per heavy atom. The highest BCUT2D eigenvalue weighted by Gasteiger charge is 2.13. The van der Waals surface area contributed by atoms with E-state index in [-0.39, 0.29) is 0 Å². The number of hydrogen-bond donors (Lipinski definition) is 1. The zero-order chi connectivity index (χ0) is 19.8. The fourth-order valence-corrected chi connectivity index (χ4v) is 3.47. The van der Waals surface area contributed by atoms with E-state index in [9.17, 15) is 0 Å². The minimum Gasteiger partial charge on any atom is -0.379 e. The van der Waals surface area contributed by atoms with E-state index in [1.165, 1.54) is 16.8 Å². The lowest BCUT2D eigenvalue weighted by Crippen LogP contribution is -2.38. The van der Waals surface area contributed by atoms with Crippen molar-refractivity contribution in [1.82, 2.24) is 19.7 Å². The maximum atomic E-state index is 5.47. The van der Waals surface area contributed by atoms with E-state index in [2.05, 4.69) is 83.3 Å². The molecule has 1 aromatic carbocycles.